The van der Waals surface area contributed by atoms with E-state index in [-0.39, 0.29) is 4.90 Å². The Kier molecular flexibility index (Phi) is 4.67. The summed E-state index contributed by atoms with van der Waals surface area (Å²) in [4.78, 5) is 0.266. The number of benzene rings is 1. The summed E-state index contributed by atoms with van der Waals surface area (Å²) in [6, 6.07) is 5.30. The van der Waals surface area contributed by atoms with Gasteiger partial charge in [-0.05, 0) is 37.1 Å². The van der Waals surface area contributed by atoms with Crippen molar-refractivity contribution in [2.45, 2.75) is 24.8 Å². The molecule has 1 saturated heterocycles. The average molecular weight is 298 g/mol. The molecule has 1 heterocycles. The normalized spacial score (nSPS) is 20.2. The molecule has 1 atom stereocenters. The molecule has 2 rings (SSSR count). The fourth-order valence-electron chi connectivity index (χ4n) is 2.49. The van der Waals surface area contributed by atoms with E-state index in [1.54, 1.807) is 16.4 Å². The molecule has 0 saturated carbocycles. The smallest absolute Gasteiger partial charge is 0.246 e. The van der Waals surface area contributed by atoms with Crippen molar-refractivity contribution in [1.29, 1.82) is 0 Å². The minimum atomic E-state index is -3.47. The first-order chi connectivity index (χ1) is 9.48. The van der Waals surface area contributed by atoms with Gasteiger partial charge in [-0.3, -0.25) is 0 Å². The van der Waals surface area contributed by atoms with Crippen LogP contribution in [0.25, 0.3) is 0 Å². The summed E-state index contributed by atoms with van der Waals surface area (Å²) in [5, 5.41) is 3.03. The molecule has 0 aromatic heterocycles. The van der Waals surface area contributed by atoms with Gasteiger partial charge in [-0.1, -0.05) is 13.0 Å². The van der Waals surface area contributed by atoms with E-state index in [0.29, 0.717) is 31.3 Å². The Hall–Kier alpha value is -1.11. The van der Waals surface area contributed by atoms with Crippen LogP contribution in [0.5, 0.6) is 5.75 Å². The second kappa shape index (κ2) is 6.11. The van der Waals surface area contributed by atoms with E-state index >= 15 is 0 Å². The van der Waals surface area contributed by atoms with Gasteiger partial charge >= 0.3 is 0 Å². The van der Waals surface area contributed by atoms with Gasteiger partial charge in [-0.15, -0.1) is 0 Å². The van der Waals surface area contributed by atoms with Crippen LogP contribution >= 0.6 is 0 Å². The average Bonchev–Trinajstić information content (AvgIpc) is 2.86. The zero-order valence-corrected chi connectivity index (χ0v) is 13.0. The molecule has 5 nitrogen and oxygen atoms in total. The van der Waals surface area contributed by atoms with Crippen LogP contribution in [0.3, 0.4) is 0 Å². The van der Waals surface area contributed by atoms with Crippen LogP contribution in [0.4, 0.5) is 0 Å². The lowest BCUT2D eigenvalue weighted by Gasteiger charge is -2.18. The van der Waals surface area contributed by atoms with Crippen molar-refractivity contribution in [2.24, 2.45) is 5.92 Å². The molecule has 20 heavy (non-hydrogen) atoms. The Balaban J connectivity index is 2.41. The Bertz CT molecular complexity index is 572. The molecule has 1 aliphatic rings. The molecule has 0 spiro atoms. The highest BCUT2D eigenvalue weighted by atomic mass is 32.2. The van der Waals surface area contributed by atoms with Crippen molar-refractivity contribution in [1.82, 2.24) is 9.62 Å². The van der Waals surface area contributed by atoms with Crippen LogP contribution < -0.4 is 10.1 Å². The lowest BCUT2D eigenvalue weighted by atomic mass is 10.2. The Morgan fingerprint density at radius 1 is 1.45 bits per heavy atom. The Morgan fingerprint density at radius 2 is 2.20 bits per heavy atom. The van der Waals surface area contributed by atoms with Crippen LogP contribution in [0, 0.1) is 5.92 Å². The Labute approximate surface area is 121 Å². The van der Waals surface area contributed by atoms with Gasteiger partial charge < -0.3 is 10.1 Å². The predicted octanol–water partition coefficient (Wildman–Crippen LogP) is 1.45. The van der Waals surface area contributed by atoms with Gasteiger partial charge in [0.1, 0.15) is 10.6 Å². The lowest BCUT2D eigenvalue weighted by Crippen LogP contribution is -2.29. The summed E-state index contributed by atoms with van der Waals surface area (Å²) >= 11 is 0. The first-order valence-corrected chi connectivity index (χ1v) is 8.24. The molecular formula is C14H22N2O3S. The molecule has 1 aromatic rings. The van der Waals surface area contributed by atoms with Gasteiger partial charge in [0.05, 0.1) is 7.11 Å². The fraction of sp³-hybridized carbons (Fsp3) is 0.571. The lowest BCUT2D eigenvalue weighted by molar-refractivity contribution is 0.397. The van der Waals surface area contributed by atoms with E-state index in [4.69, 9.17) is 4.74 Å². The highest BCUT2D eigenvalue weighted by Crippen LogP contribution is 2.30. The molecule has 0 amide bonds. The zero-order valence-electron chi connectivity index (χ0n) is 12.2. The highest BCUT2D eigenvalue weighted by Gasteiger charge is 2.32. The monoisotopic (exact) mass is 298 g/mol. The maximum Gasteiger partial charge on any atom is 0.246 e. The molecule has 1 aliphatic heterocycles. The topological polar surface area (TPSA) is 58.6 Å². The molecule has 1 aromatic carbocycles. The van der Waals surface area contributed by atoms with Gasteiger partial charge in [-0.25, -0.2) is 8.42 Å². The van der Waals surface area contributed by atoms with Crippen molar-refractivity contribution in [2.75, 3.05) is 27.2 Å². The number of rotatable bonds is 5. The minimum Gasteiger partial charge on any atom is -0.495 e. The second-order valence-electron chi connectivity index (χ2n) is 5.27. The van der Waals surface area contributed by atoms with E-state index in [0.717, 1.165) is 12.0 Å². The van der Waals surface area contributed by atoms with E-state index in [1.165, 1.54) is 7.11 Å². The summed E-state index contributed by atoms with van der Waals surface area (Å²) in [7, 11) is -0.142. The number of sulfonamides is 1. The number of ether oxygens (including phenoxy) is 1. The maximum absolute atomic E-state index is 12.7. The van der Waals surface area contributed by atoms with Crippen molar-refractivity contribution < 1.29 is 13.2 Å². The number of nitrogens with one attached hydrogen (secondary N) is 1. The van der Waals surface area contributed by atoms with Gasteiger partial charge in [0.15, 0.2) is 0 Å². The summed E-state index contributed by atoms with van der Waals surface area (Å²) in [6.07, 6.45) is 0.914. The predicted molar refractivity (Wildman–Crippen MR) is 78.3 cm³/mol. The summed E-state index contributed by atoms with van der Waals surface area (Å²) in [6.45, 7) is 3.87. The third-order valence-corrected chi connectivity index (χ3v) is 5.50. The summed E-state index contributed by atoms with van der Waals surface area (Å²) in [5.41, 5.74) is 0.930. The van der Waals surface area contributed by atoms with Crippen LogP contribution in [0.15, 0.2) is 23.1 Å². The fourth-order valence-corrected chi connectivity index (χ4v) is 4.27. The van der Waals surface area contributed by atoms with E-state index in [9.17, 15) is 8.42 Å². The standard InChI is InChI=1S/C14H22N2O3S/c1-11-6-7-16(10-11)20(17,18)14-8-12(9-15-2)4-5-13(14)19-3/h4-5,8,11,15H,6-7,9-10H2,1-3H3. The van der Waals surface area contributed by atoms with Crippen LogP contribution in [-0.2, 0) is 16.6 Å². The van der Waals surface area contributed by atoms with Crippen molar-refractivity contribution in [3.8, 4) is 5.75 Å². The van der Waals surface area contributed by atoms with Crippen LogP contribution in [0.2, 0.25) is 0 Å². The number of hydrogen-bond donors (Lipinski definition) is 1. The largest absolute Gasteiger partial charge is 0.495 e. The molecule has 0 bridgehead atoms. The minimum absolute atomic E-state index is 0.266. The summed E-state index contributed by atoms with van der Waals surface area (Å²) < 4.78 is 32.3. The van der Waals surface area contributed by atoms with E-state index in [2.05, 4.69) is 12.2 Å². The van der Waals surface area contributed by atoms with E-state index in [1.807, 2.05) is 13.1 Å². The summed E-state index contributed by atoms with van der Waals surface area (Å²) in [5.74, 6) is 0.820. The number of hydrogen-bond acceptors (Lipinski definition) is 4. The third kappa shape index (κ3) is 2.97. The van der Waals surface area contributed by atoms with E-state index < -0.39 is 10.0 Å². The van der Waals surface area contributed by atoms with Gasteiger partial charge in [0.25, 0.3) is 0 Å². The van der Waals surface area contributed by atoms with Gasteiger partial charge in [0.2, 0.25) is 10.0 Å². The SMILES string of the molecule is CNCc1ccc(OC)c(S(=O)(=O)N2CCC(C)C2)c1. The third-order valence-electron chi connectivity index (χ3n) is 3.61. The van der Waals surface area contributed by atoms with Crippen molar-refractivity contribution in [3.05, 3.63) is 23.8 Å². The van der Waals surface area contributed by atoms with Crippen LogP contribution in [-0.4, -0.2) is 40.0 Å². The number of nitrogens with zero attached hydrogens (tertiary/aromatic N) is 1. The molecule has 1 unspecified atom stereocenters. The number of methoxy groups -OCH3 is 1. The van der Waals surface area contributed by atoms with Gasteiger partial charge in [-0.2, -0.15) is 4.31 Å². The zero-order chi connectivity index (χ0) is 14.8. The molecule has 1 N–H and O–H groups in total. The maximum atomic E-state index is 12.7. The quantitative estimate of drug-likeness (QED) is 0.894. The Morgan fingerprint density at radius 3 is 2.75 bits per heavy atom. The molecule has 0 radical (unpaired) electrons. The molecular weight excluding hydrogens is 276 g/mol. The van der Waals surface area contributed by atoms with Crippen LogP contribution in [0.1, 0.15) is 18.9 Å². The second-order valence-corrected chi connectivity index (χ2v) is 7.18. The molecule has 112 valence electrons. The first kappa shape index (κ1) is 15.3. The van der Waals surface area contributed by atoms with Crippen molar-refractivity contribution in [3.63, 3.8) is 0 Å². The molecule has 1 fully saturated rings. The molecule has 6 heteroatoms. The van der Waals surface area contributed by atoms with Gasteiger partial charge in [0, 0.05) is 19.6 Å². The first-order valence-electron chi connectivity index (χ1n) is 6.80. The molecule has 0 aliphatic carbocycles. The van der Waals surface area contributed by atoms with Crippen molar-refractivity contribution >= 4 is 10.0 Å². The highest BCUT2D eigenvalue weighted by molar-refractivity contribution is 7.89.